The average Bonchev–Trinajstić information content (AvgIpc) is 2.29. The molecule has 0 heterocycles. The fourth-order valence-electron chi connectivity index (χ4n) is 2.62. The van der Waals surface area contributed by atoms with Gasteiger partial charge in [-0.05, 0) is 38.0 Å². The summed E-state index contributed by atoms with van der Waals surface area (Å²) in [4.78, 5) is 22.6. The third-order valence-electron chi connectivity index (χ3n) is 3.78. The second kappa shape index (κ2) is 6.75. The number of carbonyl (C=O) groups is 2. The monoisotopic (exact) mass is 272 g/mol. The number of urea groups is 1. The molecular formula is C13H24N2O4. The van der Waals surface area contributed by atoms with Crippen molar-refractivity contribution >= 4 is 12.0 Å². The van der Waals surface area contributed by atoms with E-state index in [0.29, 0.717) is 11.8 Å². The van der Waals surface area contributed by atoms with Crippen LogP contribution in [0.1, 0.15) is 40.0 Å². The van der Waals surface area contributed by atoms with E-state index >= 15 is 0 Å². The predicted molar refractivity (Wildman–Crippen MR) is 70.7 cm³/mol. The van der Waals surface area contributed by atoms with Crippen LogP contribution in [0.4, 0.5) is 4.79 Å². The van der Waals surface area contributed by atoms with Crippen LogP contribution >= 0.6 is 0 Å². The van der Waals surface area contributed by atoms with E-state index in [1.165, 1.54) is 6.92 Å². The molecule has 0 bridgehead atoms. The summed E-state index contributed by atoms with van der Waals surface area (Å²) in [5.41, 5.74) is 0. The molecule has 4 N–H and O–H groups in total. The molecule has 6 heteroatoms. The van der Waals surface area contributed by atoms with Crippen LogP contribution < -0.4 is 10.6 Å². The molecule has 1 fully saturated rings. The molecule has 0 spiro atoms. The van der Waals surface area contributed by atoms with Crippen LogP contribution in [0.3, 0.4) is 0 Å². The lowest BCUT2D eigenvalue weighted by molar-refractivity contribution is -0.141. The van der Waals surface area contributed by atoms with Gasteiger partial charge in [0.1, 0.15) is 0 Å². The number of amides is 2. The number of rotatable bonds is 4. The number of nitrogens with one attached hydrogen (secondary N) is 2. The van der Waals surface area contributed by atoms with Gasteiger partial charge in [-0.15, -0.1) is 0 Å². The SMILES string of the molecule is CC1CCC(NC(=O)NC(C(=O)O)C(C)O)C(C)C1. The van der Waals surface area contributed by atoms with Gasteiger partial charge in [-0.3, -0.25) is 0 Å². The van der Waals surface area contributed by atoms with Gasteiger partial charge in [-0.25, -0.2) is 9.59 Å². The van der Waals surface area contributed by atoms with E-state index in [4.69, 9.17) is 5.11 Å². The van der Waals surface area contributed by atoms with Crippen LogP contribution in [0, 0.1) is 11.8 Å². The van der Waals surface area contributed by atoms with Crippen LogP contribution in [0.2, 0.25) is 0 Å². The van der Waals surface area contributed by atoms with E-state index in [9.17, 15) is 14.7 Å². The summed E-state index contributed by atoms with van der Waals surface area (Å²) in [5, 5.41) is 23.3. The first-order valence-corrected chi connectivity index (χ1v) is 6.79. The number of carboxylic acids is 1. The number of carboxylic acid groups (broad SMARTS) is 1. The van der Waals surface area contributed by atoms with Gasteiger partial charge in [0.2, 0.25) is 0 Å². The lowest BCUT2D eigenvalue weighted by Crippen LogP contribution is -2.54. The molecule has 2 amide bonds. The highest BCUT2D eigenvalue weighted by Crippen LogP contribution is 2.28. The minimum Gasteiger partial charge on any atom is -0.480 e. The third-order valence-corrected chi connectivity index (χ3v) is 3.78. The first-order chi connectivity index (χ1) is 8.81. The highest BCUT2D eigenvalue weighted by molar-refractivity contribution is 5.83. The summed E-state index contributed by atoms with van der Waals surface area (Å²) in [5.74, 6) is -0.194. The van der Waals surface area contributed by atoms with Crippen molar-refractivity contribution in [1.29, 1.82) is 0 Å². The van der Waals surface area contributed by atoms with E-state index in [1.54, 1.807) is 0 Å². The minimum absolute atomic E-state index is 0.0691. The van der Waals surface area contributed by atoms with Crippen molar-refractivity contribution in [2.45, 2.75) is 58.2 Å². The molecular weight excluding hydrogens is 248 g/mol. The van der Waals surface area contributed by atoms with Gasteiger partial charge in [0.25, 0.3) is 0 Å². The highest BCUT2D eigenvalue weighted by atomic mass is 16.4. The second-order valence-electron chi connectivity index (χ2n) is 5.68. The third kappa shape index (κ3) is 4.70. The maximum Gasteiger partial charge on any atom is 0.328 e. The molecule has 1 aliphatic rings. The Morgan fingerprint density at radius 2 is 1.89 bits per heavy atom. The fourth-order valence-corrected chi connectivity index (χ4v) is 2.62. The normalized spacial score (nSPS) is 30.2. The standard InChI is InChI=1S/C13H24N2O4/c1-7-4-5-10(8(2)6-7)14-13(19)15-11(9(3)16)12(17)18/h7-11,16H,4-6H2,1-3H3,(H,17,18)(H2,14,15,19). The smallest absolute Gasteiger partial charge is 0.328 e. The van der Waals surface area contributed by atoms with Gasteiger partial charge < -0.3 is 20.8 Å². The Hall–Kier alpha value is -1.30. The van der Waals surface area contributed by atoms with Crippen LogP contribution in [-0.4, -0.2) is 40.4 Å². The van der Waals surface area contributed by atoms with Crippen molar-refractivity contribution in [3.8, 4) is 0 Å². The van der Waals surface area contributed by atoms with Crippen LogP contribution in [0.5, 0.6) is 0 Å². The van der Waals surface area contributed by atoms with Crippen LogP contribution in [-0.2, 0) is 4.79 Å². The number of hydrogen-bond acceptors (Lipinski definition) is 3. The maximum atomic E-state index is 11.8. The Labute approximate surface area is 113 Å². The molecule has 0 saturated heterocycles. The Balaban J connectivity index is 2.48. The molecule has 110 valence electrons. The molecule has 19 heavy (non-hydrogen) atoms. The average molecular weight is 272 g/mol. The number of aliphatic hydroxyl groups is 1. The molecule has 0 aromatic carbocycles. The summed E-state index contributed by atoms with van der Waals surface area (Å²) >= 11 is 0. The van der Waals surface area contributed by atoms with E-state index in [0.717, 1.165) is 19.3 Å². The Morgan fingerprint density at radius 3 is 2.37 bits per heavy atom. The quantitative estimate of drug-likeness (QED) is 0.612. The zero-order valence-electron chi connectivity index (χ0n) is 11.7. The van der Waals surface area contributed by atoms with Gasteiger partial charge in [0, 0.05) is 6.04 Å². The van der Waals surface area contributed by atoms with Crippen molar-refractivity contribution in [2.24, 2.45) is 11.8 Å². The molecule has 1 saturated carbocycles. The summed E-state index contributed by atoms with van der Waals surface area (Å²) in [6.07, 6.45) is 1.90. The van der Waals surface area contributed by atoms with Crippen molar-refractivity contribution in [3.05, 3.63) is 0 Å². The first kappa shape index (κ1) is 15.8. The van der Waals surface area contributed by atoms with Gasteiger partial charge >= 0.3 is 12.0 Å². The Kier molecular flexibility index (Phi) is 5.60. The zero-order chi connectivity index (χ0) is 14.6. The molecule has 0 radical (unpaired) electrons. The summed E-state index contributed by atoms with van der Waals surface area (Å²) in [7, 11) is 0. The molecule has 5 atom stereocenters. The second-order valence-corrected chi connectivity index (χ2v) is 5.68. The molecule has 1 aliphatic carbocycles. The Bertz CT molecular complexity index is 333. The number of carbonyl (C=O) groups excluding carboxylic acids is 1. The van der Waals surface area contributed by atoms with Gasteiger partial charge in [0.15, 0.2) is 6.04 Å². The lowest BCUT2D eigenvalue weighted by Gasteiger charge is -2.33. The van der Waals surface area contributed by atoms with Gasteiger partial charge in [-0.2, -0.15) is 0 Å². The number of aliphatic hydroxyl groups excluding tert-OH is 1. The van der Waals surface area contributed by atoms with Crippen LogP contribution in [0.25, 0.3) is 0 Å². The van der Waals surface area contributed by atoms with E-state index in [2.05, 4.69) is 24.5 Å². The van der Waals surface area contributed by atoms with Crippen molar-refractivity contribution < 1.29 is 19.8 Å². The van der Waals surface area contributed by atoms with Crippen LogP contribution in [0.15, 0.2) is 0 Å². The van der Waals surface area contributed by atoms with Gasteiger partial charge in [-0.1, -0.05) is 13.8 Å². The molecule has 0 aromatic rings. The first-order valence-electron chi connectivity index (χ1n) is 6.79. The Morgan fingerprint density at radius 1 is 1.26 bits per heavy atom. The number of aliphatic carboxylic acids is 1. The molecule has 6 nitrogen and oxygen atoms in total. The largest absolute Gasteiger partial charge is 0.480 e. The lowest BCUT2D eigenvalue weighted by atomic mass is 9.80. The summed E-state index contributed by atoms with van der Waals surface area (Å²) in [6.45, 7) is 5.62. The predicted octanol–water partition coefficient (Wildman–Crippen LogP) is 0.944. The topological polar surface area (TPSA) is 98.7 Å². The van der Waals surface area contributed by atoms with Crippen molar-refractivity contribution in [1.82, 2.24) is 10.6 Å². The van der Waals surface area contributed by atoms with E-state index in [1.807, 2.05) is 0 Å². The molecule has 0 aromatic heterocycles. The van der Waals surface area contributed by atoms with Gasteiger partial charge in [0.05, 0.1) is 6.10 Å². The number of hydrogen-bond donors (Lipinski definition) is 4. The zero-order valence-corrected chi connectivity index (χ0v) is 11.7. The molecule has 0 aliphatic heterocycles. The highest BCUT2D eigenvalue weighted by Gasteiger charge is 2.29. The molecule has 1 rings (SSSR count). The van der Waals surface area contributed by atoms with E-state index < -0.39 is 24.1 Å². The summed E-state index contributed by atoms with van der Waals surface area (Å²) < 4.78 is 0. The maximum absolute atomic E-state index is 11.8. The summed E-state index contributed by atoms with van der Waals surface area (Å²) in [6, 6.07) is -1.74. The van der Waals surface area contributed by atoms with E-state index in [-0.39, 0.29) is 6.04 Å². The fraction of sp³-hybridized carbons (Fsp3) is 0.846. The minimum atomic E-state index is -1.28. The van der Waals surface area contributed by atoms with Crippen molar-refractivity contribution in [3.63, 3.8) is 0 Å². The molecule has 5 unspecified atom stereocenters. The van der Waals surface area contributed by atoms with Crippen molar-refractivity contribution in [2.75, 3.05) is 0 Å².